The van der Waals surface area contributed by atoms with Gasteiger partial charge >= 0.3 is 0 Å². The van der Waals surface area contributed by atoms with Crippen molar-refractivity contribution in [3.8, 4) is 5.75 Å². The summed E-state index contributed by atoms with van der Waals surface area (Å²) < 4.78 is 8.39. The number of halogens is 2. The van der Waals surface area contributed by atoms with E-state index in [0.29, 0.717) is 27.3 Å². The molecule has 1 aliphatic rings. The number of rotatable bonds is 6. The van der Waals surface area contributed by atoms with Crippen molar-refractivity contribution in [2.24, 2.45) is 0 Å². The van der Waals surface area contributed by atoms with Gasteiger partial charge in [-0.1, -0.05) is 60.4 Å². The van der Waals surface area contributed by atoms with E-state index in [9.17, 15) is 14.9 Å². The fraction of sp³-hybridized carbons (Fsp3) is 0.0435. The van der Waals surface area contributed by atoms with E-state index in [2.05, 4.69) is 45.2 Å². The van der Waals surface area contributed by atoms with Gasteiger partial charge in [-0.2, -0.15) is 0 Å². The van der Waals surface area contributed by atoms with Gasteiger partial charge in [0.2, 0.25) is 0 Å². The Morgan fingerprint density at radius 2 is 1.85 bits per heavy atom. The molecule has 1 amide bonds. The topological polar surface area (TPSA) is 72.7 Å². The lowest BCUT2D eigenvalue weighted by atomic mass is 10.1. The van der Waals surface area contributed by atoms with Crippen LogP contribution in [0.4, 0.5) is 11.4 Å². The Morgan fingerprint density at radius 3 is 2.58 bits per heavy atom. The predicted octanol–water partition coefficient (Wildman–Crippen LogP) is 6.79. The van der Waals surface area contributed by atoms with Crippen LogP contribution in [0.2, 0.25) is 0 Å². The molecule has 3 aromatic rings. The molecule has 0 aromatic heterocycles. The Morgan fingerprint density at radius 1 is 1.09 bits per heavy atom. The van der Waals surface area contributed by atoms with Gasteiger partial charge in [-0.25, -0.2) is 0 Å². The van der Waals surface area contributed by atoms with Gasteiger partial charge in [0, 0.05) is 21.3 Å². The Kier molecular flexibility index (Phi) is 7.66. The molecule has 1 fully saturated rings. The highest BCUT2D eigenvalue weighted by atomic mass is 127. The second-order valence-corrected chi connectivity index (χ2v) is 11.0. The van der Waals surface area contributed by atoms with Crippen LogP contribution in [0.3, 0.4) is 0 Å². The van der Waals surface area contributed by atoms with Crippen LogP contribution in [0.1, 0.15) is 11.1 Å². The van der Waals surface area contributed by atoms with Crippen LogP contribution in [0.5, 0.6) is 5.75 Å². The first-order valence-corrected chi connectivity index (χ1v) is 12.9. The maximum Gasteiger partial charge on any atom is 0.271 e. The molecule has 0 aliphatic carbocycles. The third kappa shape index (κ3) is 5.55. The summed E-state index contributed by atoms with van der Waals surface area (Å²) in [5, 5.41) is 11.1. The Hall–Kier alpha value is -2.03. The summed E-state index contributed by atoms with van der Waals surface area (Å²) in [6.07, 6.45) is 1.77. The second-order valence-electron chi connectivity index (χ2n) is 6.87. The maximum atomic E-state index is 13.2. The number of carbonyl (C=O) groups is 1. The van der Waals surface area contributed by atoms with Crippen LogP contribution in [0.15, 0.2) is 71.6 Å². The van der Waals surface area contributed by atoms with Gasteiger partial charge in [0.05, 0.1) is 19.1 Å². The quantitative estimate of drug-likeness (QED) is 0.0928. The van der Waals surface area contributed by atoms with E-state index < -0.39 is 4.92 Å². The summed E-state index contributed by atoms with van der Waals surface area (Å²) in [4.78, 5) is 25.6. The van der Waals surface area contributed by atoms with Gasteiger partial charge in [0.15, 0.2) is 4.32 Å². The average Bonchev–Trinajstić information content (AvgIpc) is 3.06. The van der Waals surface area contributed by atoms with E-state index in [1.54, 1.807) is 12.1 Å². The molecule has 10 heteroatoms. The predicted molar refractivity (Wildman–Crippen MR) is 151 cm³/mol. The van der Waals surface area contributed by atoms with Crippen molar-refractivity contribution in [1.29, 1.82) is 0 Å². The van der Waals surface area contributed by atoms with Crippen LogP contribution >= 0.6 is 69.2 Å². The lowest BCUT2D eigenvalue weighted by molar-refractivity contribution is -0.384. The lowest BCUT2D eigenvalue weighted by Crippen LogP contribution is -2.27. The molecule has 0 atom stereocenters. The van der Waals surface area contributed by atoms with Crippen molar-refractivity contribution in [2.75, 3.05) is 4.90 Å². The molecule has 6 nitrogen and oxygen atoms in total. The Labute approximate surface area is 226 Å². The summed E-state index contributed by atoms with van der Waals surface area (Å²) in [5.41, 5.74) is 2.07. The largest absolute Gasteiger partial charge is 0.487 e. The minimum absolute atomic E-state index is 0.103. The molecular weight excluding hydrogens is 686 g/mol. The summed E-state index contributed by atoms with van der Waals surface area (Å²) in [6, 6.07) is 19.7. The molecule has 1 heterocycles. The fourth-order valence-electron chi connectivity index (χ4n) is 3.15. The SMILES string of the molecule is O=C1/C(=C/c2cc(I)cc(I)c2OCc2ccccc2)SC(=S)N1c1cccc([N+](=O)[O-])c1. The zero-order chi connectivity index (χ0) is 23.5. The number of ether oxygens (including phenoxy) is 1. The minimum Gasteiger partial charge on any atom is -0.487 e. The highest BCUT2D eigenvalue weighted by Crippen LogP contribution is 2.39. The molecular formula is C23H14I2N2O4S2. The second kappa shape index (κ2) is 10.5. The highest BCUT2D eigenvalue weighted by Gasteiger charge is 2.34. The van der Waals surface area contributed by atoms with Gasteiger partial charge < -0.3 is 4.74 Å². The van der Waals surface area contributed by atoms with Crippen LogP contribution in [-0.4, -0.2) is 15.2 Å². The summed E-state index contributed by atoms with van der Waals surface area (Å²) >= 11 is 11.0. The normalized spacial score (nSPS) is 14.7. The number of hydrogen-bond acceptors (Lipinski definition) is 6. The summed E-state index contributed by atoms with van der Waals surface area (Å²) in [6.45, 7) is 0.396. The number of carbonyl (C=O) groups excluding carboxylic acids is 1. The van der Waals surface area contributed by atoms with Gasteiger partial charge in [-0.3, -0.25) is 19.8 Å². The number of nitro groups is 1. The number of hydrogen-bond donors (Lipinski definition) is 0. The minimum atomic E-state index is -0.499. The number of anilines is 1. The first-order chi connectivity index (χ1) is 15.8. The van der Waals surface area contributed by atoms with Crippen molar-refractivity contribution in [1.82, 2.24) is 0 Å². The molecule has 0 bridgehead atoms. The smallest absolute Gasteiger partial charge is 0.271 e. The number of nitro benzene ring substituents is 1. The number of thioether (sulfide) groups is 1. The highest BCUT2D eigenvalue weighted by molar-refractivity contribution is 14.1. The fourth-order valence-corrected chi connectivity index (χ4v) is 6.48. The standard InChI is InChI=1S/C23H14I2N2O4S2/c24-16-9-15(21(19(25)11-16)31-13-14-5-2-1-3-6-14)10-20-22(28)26(23(32)33-20)17-7-4-8-18(12-17)27(29)30/h1-12H,13H2/b20-10-. The average molecular weight is 700 g/mol. The van der Waals surface area contributed by atoms with E-state index in [0.717, 1.165) is 30.0 Å². The Bertz CT molecular complexity index is 1300. The van der Waals surface area contributed by atoms with Crippen molar-refractivity contribution < 1.29 is 14.5 Å². The summed E-state index contributed by atoms with van der Waals surface area (Å²) in [5.74, 6) is 0.355. The van der Waals surface area contributed by atoms with E-state index in [1.807, 2.05) is 42.5 Å². The zero-order valence-electron chi connectivity index (χ0n) is 16.7. The Balaban J connectivity index is 1.66. The number of thiocarbonyl (C=S) groups is 1. The summed E-state index contributed by atoms with van der Waals surface area (Å²) in [7, 11) is 0. The molecule has 0 spiro atoms. The van der Waals surface area contributed by atoms with Crippen molar-refractivity contribution in [3.05, 3.63) is 100 Å². The number of nitrogens with zero attached hydrogens (tertiary/aromatic N) is 2. The first kappa shape index (κ1) is 24.1. The van der Waals surface area contributed by atoms with Crippen molar-refractivity contribution in [3.63, 3.8) is 0 Å². The first-order valence-electron chi connectivity index (χ1n) is 9.51. The molecule has 4 rings (SSSR count). The third-order valence-corrected chi connectivity index (χ3v) is 7.37. The molecule has 3 aromatic carbocycles. The molecule has 166 valence electrons. The molecule has 0 saturated carbocycles. The lowest BCUT2D eigenvalue weighted by Gasteiger charge is -2.14. The van der Waals surface area contributed by atoms with Crippen LogP contribution < -0.4 is 9.64 Å². The monoisotopic (exact) mass is 700 g/mol. The molecule has 1 aliphatic heterocycles. The van der Waals surface area contributed by atoms with Gasteiger partial charge in [0.1, 0.15) is 12.4 Å². The molecule has 33 heavy (non-hydrogen) atoms. The van der Waals surface area contributed by atoms with Gasteiger partial charge in [-0.05, 0) is 75.0 Å². The number of non-ortho nitro benzene ring substituents is 1. The van der Waals surface area contributed by atoms with E-state index in [1.165, 1.54) is 23.1 Å². The number of amides is 1. The molecule has 0 unspecified atom stereocenters. The van der Waals surface area contributed by atoms with Crippen LogP contribution in [-0.2, 0) is 11.4 Å². The zero-order valence-corrected chi connectivity index (χ0v) is 22.7. The molecule has 1 saturated heterocycles. The van der Waals surface area contributed by atoms with Gasteiger partial charge in [0.25, 0.3) is 11.6 Å². The van der Waals surface area contributed by atoms with Crippen LogP contribution in [0.25, 0.3) is 6.08 Å². The maximum absolute atomic E-state index is 13.2. The van der Waals surface area contributed by atoms with Gasteiger partial charge in [-0.15, -0.1) is 0 Å². The number of benzene rings is 3. The third-order valence-electron chi connectivity index (χ3n) is 4.64. The van der Waals surface area contributed by atoms with E-state index in [4.69, 9.17) is 17.0 Å². The van der Waals surface area contributed by atoms with Crippen molar-refractivity contribution in [2.45, 2.75) is 6.61 Å². The van der Waals surface area contributed by atoms with E-state index >= 15 is 0 Å². The van der Waals surface area contributed by atoms with Crippen molar-refractivity contribution >= 4 is 96.8 Å². The molecule has 0 radical (unpaired) electrons. The molecule has 0 N–H and O–H groups in total. The van der Waals surface area contributed by atoms with Crippen LogP contribution in [0, 0.1) is 17.3 Å². The van der Waals surface area contributed by atoms with E-state index in [-0.39, 0.29) is 11.6 Å².